The topological polar surface area (TPSA) is 81.8 Å². The number of carbonyl (C=O) groups excluding carboxylic acids is 1. The van der Waals surface area contributed by atoms with Crippen molar-refractivity contribution < 1.29 is 13.2 Å². The number of likely N-dealkylation sites (N-methyl/N-ethyl adjacent to an activating group) is 1. The quantitative estimate of drug-likeness (QED) is 0.253. The molecule has 0 saturated heterocycles. The molecule has 4 aromatic rings. The highest BCUT2D eigenvalue weighted by atomic mass is 32.2. The summed E-state index contributed by atoms with van der Waals surface area (Å²) in [6, 6.07) is 33.8. The molecule has 0 unspecified atom stereocenters. The predicted octanol–water partition coefficient (Wildman–Crippen LogP) is 5.52. The fourth-order valence-corrected chi connectivity index (χ4v) is 6.26. The molecule has 0 aliphatic carbocycles. The molecule has 0 spiro atoms. The van der Waals surface area contributed by atoms with Crippen LogP contribution in [0.4, 0.5) is 17.1 Å². The van der Waals surface area contributed by atoms with Crippen LogP contribution in [0.2, 0.25) is 0 Å². The second-order valence-corrected chi connectivity index (χ2v) is 11.8. The first kappa shape index (κ1) is 27.2. The molecule has 1 amide bonds. The van der Waals surface area contributed by atoms with Crippen LogP contribution in [0.1, 0.15) is 16.7 Å². The largest absolute Gasteiger partial charge is 0.354 e. The Morgan fingerprint density at radius 2 is 1.40 bits per heavy atom. The van der Waals surface area contributed by atoms with Crippen LogP contribution >= 0.6 is 0 Å². The minimum Gasteiger partial charge on any atom is -0.354 e. The lowest BCUT2D eigenvalue weighted by Gasteiger charge is -2.26. The van der Waals surface area contributed by atoms with Crippen molar-refractivity contribution in [1.82, 2.24) is 4.90 Å². The number of hydrogen-bond acceptors (Lipinski definition) is 5. The number of rotatable bonds is 10. The third-order valence-corrected chi connectivity index (χ3v) is 8.45. The maximum Gasteiger partial charge on any atom is 0.258 e. The van der Waals surface area contributed by atoms with Gasteiger partial charge in [-0.3, -0.25) is 9.10 Å². The first-order chi connectivity index (χ1) is 19.3. The van der Waals surface area contributed by atoms with Crippen molar-refractivity contribution in [3.63, 3.8) is 0 Å². The normalized spacial score (nSPS) is 14.0. The number of nitrogens with one attached hydrogen (secondary N) is 2. The Balaban J connectivity index is 1.48. The maximum atomic E-state index is 13.5. The Bertz CT molecular complexity index is 1620. The number of fused-ring (bicyclic) bond motifs is 1. The van der Waals surface area contributed by atoms with E-state index in [4.69, 9.17) is 0 Å². The van der Waals surface area contributed by atoms with Gasteiger partial charge in [0.25, 0.3) is 5.91 Å². The van der Waals surface area contributed by atoms with E-state index in [1.807, 2.05) is 116 Å². The van der Waals surface area contributed by atoms with Gasteiger partial charge in [0, 0.05) is 30.0 Å². The summed E-state index contributed by atoms with van der Waals surface area (Å²) in [5.74, 6) is -0.258. The number of sulfonamides is 1. The van der Waals surface area contributed by atoms with E-state index in [0.29, 0.717) is 30.0 Å². The summed E-state index contributed by atoms with van der Waals surface area (Å²) >= 11 is 0. The zero-order valence-corrected chi connectivity index (χ0v) is 23.4. The van der Waals surface area contributed by atoms with Crippen molar-refractivity contribution in [1.29, 1.82) is 0 Å². The number of carbonyl (C=O) groups is 1. The number of hydrogen-bond donors (Lipinski definition) is 2. The third-order valence-electron chi connectivity index (χ3n) is 6.69. The molecule has 7 nitrogen and oxygen atoms in total. The molecule has 0 bridgehead atoms. The van der Waals surface area contributed by atoms with Gasteiger partial charge in [0.05, 0.1) is 22.7 Å². The molecule has 1 aliphatic heterocycles. The predicted molar refractivity (Wildman–Crippen MR) is 163 cm³/mol. The number of amides is 1. The summed E-state index contributed by atoms with van der Waals surface area (Å²) in [4.78, 5) is 15.0. The lowest BCUT2D eigenvalue weighted by molar-refractivity contribution is -0.110. The summed E-state index contributed by atoms with van der Waals surface area (Å²) in [6.07, 6.45) is 0. The van der Waals surface area contributed by atoms with E-state index in [-0.39, 0.29) is 11.7 Å². The molecule has 1 heterocycles. The fourth-order valence-electron chi connectivity index (χ4n) is 4.69. The Labute approximate surface area is 235 Å². The van der Waals surface area contributed by atoms with Crippen molar-refractivity contribution in [3.8, 4) is 0 Å². The molecule has 0 fully saturated rings. The summed E-state index contributed by atoms with van der Waals surface area (Å²) in [5.41, 5.74) is 5.77. The lowest BCUT2D eigenvalue weighted by atomic mass is 10.00. The molecule has 40 heavy (non-hydrogen) atoms. The van der Waals surface area contributed by atoms with Gasteiger partial charge in [-0.1, -0.05) is 78.9 Å². The molecule has 0 saturated carbocycles. The summed E-state index contributed by atoms with van der Waals surface area (Å²) in [7, 11) is 0.210. The smallest absolute Gasteiger partial charge is 0.258 e. The second kappa shape index (κ2) is 11.8. The third kappa shape index (κ3) is 6.09. The van der Waals surface area contributed by atoms with E-state index in [9.17, 15) is 13.2 Å². The summed E-state index contributed by atoms with van der Waals surface area (Å²) in [6.45, 7) is 0.901. The Morgan fingerprint density at radius 1 is 0.775 bits per heavy atom. The van der Waals surface area contributed by atoms with Crippen molar-refractivity contribution >= 4 is 44.3 Å². The highest BCUT2D eigenvalue weighted by molar-refractivity contribution is 7.92. The van der Waals surface area contributed by atoms with E-state index < -0.39 is 10.0 Å². The monoisotopic (exact) mass is 552 g/mol. The maximum absolute atomic E-state index is 13.5. The Kier molecular flexibility index (Phi) is 8.00. The molecule has 2 N–H and O–H groups in total. The van der Waals surface area contributed by atoms with E-state index in [1.165, 1.54) is 4.31 Å². The highest BCUT2D eigenvalue weighted by Gasteiger charge is 2.28. The van der Waals surface area contributed by atoms with E-state index in [1.54, 1.807) is 12.1 Å². The molecular formula is C32H32N4O3S. The van der Waals surface area contributed by atoms with Crippen LogP contribution in [0, 0.1) is 0 Å². The summed E-state index contributed by atoms with van der Waals surface area (Å²) in [5, 5.41) is 6.40. The van der Waals surface area contributed by atoms with Crippen molar-refractivity contribution in [2.45, 2.75) is 5.75 Å². The molecule has 0 atom stereocenters. The van der Waals surface area contributed by atoms with Gasteiger partial charge < -0.3 is 15.5 Å². The average Bonchev–Trinajstić information content (AvgIpc) is 3.28. The number of nitrogens with zero attached hydrogens (tertiary/aromatic N) is 2. The molecule has 204 valence electrons. The van der Waals surface area contributed by atoms with Crippen molar-refractivity contribution in [2.75, 3.05) is 42.1 Å². The second-order valence-electron chi connectivity index (χ2n) is 9.90. The fraction of sp³-hybridized carbons (Fsp3) is 0.156. The van der Waals surface area contributed by atoms with Crippen LogP contribution < -0.4 is 14.9 Å². The summed E-state index contributed by atoms with van der Waals surface area (Å²) < 4.78 is 28.5. The first-order valence-corrected chi connectivity index (χ1v) is 14.7. The molecule has 0 radical (unpaired) electrons. The van der Waals surface area contributed by atoms with Gasteiger partial charge in [-0.15, -0.1) is 0 Å². The standard InChI is InChI=1S/C32H32N4O3S/c1-35(2)21-22-36(40(38,39)23-24-11-5-3-6-12-24)27-19-17-26(18-20-27)33-31(25-13-7-4-8-14-25)30-28-15-9-10-16-29(28)34-32(30)37/h3-20,33H,21-23H2,1-2H3,(H,34,37). The van der Waals surface area contributed by atoms with Gasteiger partial charge in [0.2, 0.25) is 10.0 Å². The Morgan fingerprint density at radius 3 is 2.08 bits per heavy atom. The van der Waals surface area contributed by atoms with Gasteiger partial charge >= 0.3 is 0 Å². The van der Waals surface area contributed by atoms with E-state index >= 15 is 0 Å². The van der Waals surface area contributed by atoms with Crippen LogP contribution in [0.15, 0.2) is 109 Å². The number of benzene rings is 4. The molecule has 4 aromatic carbocycles. The van der Waals surface area contributed by atoms with E-state index in [2.05, 4.69) is 10.6 Å². The highest BCUT2D eigenvalue weighted by Crippen LogP contribution is 2.37. The van der Waals surface area contributed by atoms with Crippen LogP contribution in [0.25, 0.3) is 11.3 Å². The average molecular weight is 553 g/mol. The van der Waals surface area contributed by atoms with Crippen LogP contribution in [-0.4, -0.2) is 46.4 Å². The molecule has 5 rings (SSSR count). The van der Waals surface area contributed by atoms with Gasteiger partial charge in [-0.05, 0) is 55.6 Å². The molecule has 8 heteroatoms. The van der Waals surface area contributed by atoms with E-state index in [0.717, 1.165) is 28.1 Å². The molecule has 1 aliphatic rings. The SMILES string of the molecule is CN(C)CCN(c1ccc(NC(=C2C(=O)Nc3ccccc32)c2ccccc2)cc1)S(=O)(=O)Cc1ccccc1. The minimum absolute atomic E-state index is 0.0833. The van der Waals surface area contributed by atoms with Gasteiger partial charge in [-0.25, -0.2) is 8.42 Å². The first-order valence-electron chi connectivity index (χ1n) is 13.1. The van der Waals surface area contributed by atoms with Crippen LogP contribution in [0.5, 0.6) is 0 Å². The van der Waals surface area contributed by atoms with Crippen LogP contribution in [0.3, 0.4) is 0 Å². The zero-order valence-electron chi connectivity index (χ0n) is 22.5. The van der Waals surface area contributed by atoms with Gasteiger partial charge in [-0.2, -0.15) is 0 Å². The van der Waals surface area contributed by atoms with Gasteiger partial charge in [0.15, 0.2) is 0 Å². The number of para-hydroxylation sites is 1. The zero-order chi connectivity index (χ0) is 28.1. The lowest BCUT2D eigenvalue weighted by Crippen LogP contribution is -2.37. The number of anilines is 3. The van der Waals surface area contributed by atoms with Crippen LogP contribution in [-0.2, 0) is 20.6 Å². The van der Waals surface area contributed by atoms with Crippen molar-refractivity contribution in [3.05, 3.63) is 126 Å². The molecule has 0 aromatic heterocycles. The van der Waals surface area contributed by atoms with Crippen molar-refractivity contribution in [2.24, 2.45) is 0 Å². The minimum atomic E-state index is -3.63. The molecular weight excluding hydrogens is 520 g/mol. The van der Waals surface area contributed by atoms with Gasteiger partial charge in [0.1, 0.15) is 0 Å². The Hall–Kier alpha value is -4.40.